The minimum Gasteiger partial charge on any atom is -0.465 e. The molecule has 0 unspecified atom stereocenters. The van der Waals surface area contributed by atoms with Gasteiger partial charge in [0.1, 0.15) is 5.76 Å². The maximum Gasteiger partial charge on any atom is 0.339 e. The van der Waals surface area contributed by atoms with Crippen LogP contribution >= 0.6 is 0 Å². The summed E-state index contributed by atoms with van der Waals surface area (Å²) in [4.78, 5) is 29.0. The van der Waals surface area contributed by atoms with E-state index in [1.165, 1.54) is 7.05 Å². The van der Waals surface area contributed by atoms with Gasteiger partial charge in [-0.05, 0) is 48.3 Å². The van der Waals surface area contributed by atoms with Crippen molar-refractivity contribution in [3.8, 4) is 0 Å². The Morgan fingerprint density at radius 1 is 1.22 bits per heavy atom. The van der Waals surface area contributed by atoms with E-state index in [2.05, 4.69) is 5.32 Å². The molecule has 6 nitrogen and oxygen atoms in total. The summed E-state index contributed by atoms with van der Waals surface area (Å²) in [5, 5.41) is 3.18. The predicted molar refractivity (Wildman–Crippen MR) is 101 cm³/mol. The number of rotatable bonds is 4. The molecule has 0 atom stereocenters. The lowest BCUT2D eigenvalue weighted by Crippen LogP contribution is -2.25. The summed E-state index contributed by atoms with van der Waals surface area (Å²) in [6, 6.07) is 11.2. The van der Waals surface area contributed by atoms with E-state index in [9.17, 15) is 9.59 Å². The number of benzene rings is 1. The van der Waals surface area contributed by atoms with Crippen LogP contribution in [-0.4, -0.2) is 30.5 Å². The summed E-state index contributed by atoms with van der Waals surface area (Å²) < 4.78 is 10.7. The molecule has 0 bridgehead atoms. The number of nitrogens with zero attached hydrogens (tertiary/aromatic N) is 1. The lowest BCUT2D eigenvalue weighted by Gasteiger charge is -2.12. The molecular weight excluding hydrogens is 344 g/mol. The molecule has 0 saturated heterocycles. The number of aromatic nitrogens is 1. The van der Waals surface area contributed by atoms with Crippen molar-refractivity contribution in [1.82, 2.24) is 10.3 Å². The molecule has 1 amide bonds. The molecule has 1 aliphatic carbocycles. The molecule has 1 N–H and O–H groups in total. The van der Waals surface area contributed by atoms with E-state index in [1.54, 1.807) is 6.26 Å². The minimum atomic E-state index is -0.507. The first-order valence-electron chi connectivity index (χ1n) is 8.71. The lowest BCUT2D eigenvalue weighted by atomic mass is 10.0. The fraction of sp³-hybridized carbons (Fsp3) is 0.190. The number of para-hydroxylation sites is 1. The topological polar surface area (TPSA) is 81.4 Å². The number of allylic oxidation sites excluding steroid dienone is 1. The molecule has 0 radical (unpaired) electrons. The van der Waals surface area contributed by atoms with Gasteiger partial charge >= 0.3 is 5.97 Å². The normalized spacial score (nSPS) is 14.3. The Bertz CT molecular complexity index is 1050. The van der Waals surface area contributed by atoms with Crippen LogP contribution in [0.25, 0.3) is 22.6 Å². The van der Waals surface area contributed by atoms with Crippen LogP contribution in [-0.2, 0) is 16.0 Å². The van der Waals surface area contributed by atoms with Crippen LogP contribution in [0, 0.1) is 0 Å². The van der Waals surface area contributed by atoms with Crippen LogP contribution < -0.4 is 5.32 Å². The number of amides is 1. The molecule has 4 rings (SSSR count). The van der Waals surface area contributed by atoms with Gasteiger partial charge in [0.15, 0.2) is 6.61 Å². The molecule has 0 fully saturated rings. The van der Waals surface area contributed by atoms with Crippen LogP contribution in [0.3, 0.4) is 0 Å². The Morgan fingerprint density at radius 3 is 2.85 bits per heavy atom. The average Bonchev–Trinajstić information content (AvgIpc) is 3.34. The van der Waals surface area contributed by atoms with Crippen LogP contribution in [0.4, 0.5) is 0 Å². The van der Waals surface area contributed by atoms with Crippen molar-refractivity contribution in [3.05, 3.63) is 65.2 Å². The quantitative estimate of drug-likeness (QED) is 0.721. The van der Waals surface area contributed by atoms with Crippen molar-refractivity contribution in [1.29, 1.82) is 0 Å². The number of pyridine rings is 1. The highest BCUT2D eigenvalue weighted by molar-refractivity contribution is 6.07. The number of esters is 1. The number of carbonyl (C=O) groups is 2. The maximum atomic E-state index is 12.8. The first-order chi connectivity index (χ1) is 13.2. The van der Waals surface area contributed by atoms with Gasteiger partial charge in [-0.2, -0.15) is 0 Å². The fourth-order valence-electron chi connectivity index (χ4n) is 3.33. The van der Waals surface area contributed by atoms with Crippen molar-refractivity contribution in [3.63, 3.8) is 0 Å². The van der Waals surface area contributed by atoms with E-state index >= 15 is 0 Å². The van der Waals surface area contributed by atoms with Gasteiger partial charge in [-0.3, -0.25) is 4.79 Å². The molecule has 136 valence electrons. The van der Waals surface area contributed by atoms with E-state index in [0.29, 0.717) is 12.0 Å². The number of ether oxygens (including phenoxy) is 1. The van der Waals surface area contributed by atoms with Crippen molar-refractivity contribution in [2.24, 2.45) is 0 Å². The summed E-state index contributed by atoms with van der Waals surface area (Å²) in [6.45, 7) is -0.310. The number of furan rings is 1. The molecule has 1 aromatic carbocycles. The molecule has 0 saturated carbocycles. The largest absolute Gasteiger partial charge is 0.465 e. The highest BCUT2D eigenvalue weighted by Crippen LogP contribution is 2.37. The Hall–Kier alpha value is -3.41. The monoisotopic (exact) mass is 362 g/mol. The van der Waals surface area contributed by atoms with Crippen molar-refractivity contribution >= 4 is 34.4 Å². The Balaban J connectivity index is 1.81. The van der Waals surface area contributed by atoms with Gasteiger partial charge in [-0.25, -0.2) is 9.78 Å². The number of nitrogens with one attached hydrogen (secondary N) is 1. The Kier molecular flexibility index (Phi) is 4.46. The maximum absolute atomic E-state index is 12.8. The highest BCUT2D eigenvalue weighted by atomic mass is 16.5. The summed E-state index contributed by atoms with van der Waals surface area (Å²) in [7, 11) is 1.50. The third kappa shape index (κ3) is 3.21. The van der Waals surface area contributed by atoms with Crippen LogP contribution in [0.1, 0.15) is 33.8 Å². The fourth-order valence-corrected chi connectivity index (χ4v) is 3.33. The first-order valence-corrected chi connectivity index (χ1v) is 8.71. The molecule has 0 spiro atoms. The summed E-state index contributed by atoms with van der Waals surface area (Å²) in [6.07, 6.45) is 5.02. The molecule has 6 heteroatoms. The van der Waals surface area contributed by atoms with E-state index in [1.807, 2.05) is 42.5 Å². The standard InChI is InChI=1S/C21H18N2O4/c1-22-18(24)12-27-21(25)19-15-6-2-3-7-17(15)23-20-13(8-9-16(19)20)11-14-5-4-10-26-14/h2-7,10-11H,8-9,12H2,1H3,(H,22,24)/b13-11+. The second-order valence-electron chi connectivity index (χ2n) is 6.27. The zero-order chi connectivity index (χ0) is 18.8. The molecule has 2 aromatic heterocycles. The SMILES string of the molecule is CNC(=O)COC(=O)c1c2c(nc3ccccc13)/C(=C/c1ccco1)CC2. The third-order valence-corrected chi connectivity index (χ3v) is 4.62. The third-order valence-electron chi connectivity index (χ3n) is 4.62. The van der Waals surface area contributed by atoms with Crippen molar-refractivity contribution in [2.45, 2.75) is 12.8 Å². The number of hydrogen-bond acceptors (Lipinski definition) is 5. The molecule has 0 aliphatic heterocycles. The van der Waals surface area contributed by atoms with Crippen LogP contribution in [0.5, 0.6) is 0 Å². The van der Waals surface area contributed by atoms with Gasteiger partial charge < -0.3 is 14.5 Å². The van der Waals surface area contributed by atoms with Gasteiger partial charge in [0, 0.05) is 12.4 Å². The molecule has 3 aromatic rings. The van der Waals surface area contributed by atoms with E-state index in [4.69, 9.17) is 14.1 Å². The highest BCUT2D eigenvalue weighted by Gasteiger charge is 2.28. The average molecular weight is 362 g/mol. The number of hydrogen-bond donors (Lipinski definition) is 1. The number of likely N-dealkylation sites (N-methyl/N-ethyl adjacent to an activating group) is 1. The molecule has 2 heterocycles. The lowest BCUT2D eigenvalue weighted by molar-refractivity contribution is -0.123. The minimum absolute atomic E-state index is 0.310. The van der Waals surface area contributed by atoms with Gasteiger partial charge in [0.05, 0.1) is 23.0 Å². The Labute approximate surface area is 155 Å². The molecule has 27 heavy (non-hydrogen) atoms. The zero-order valence-corrected chi connectivity index (χ0v) is 14.8. The summed E-state index contributed by atoms with van der Waals surface area (Å²) in [5.74, 6) is -0.110. The van der Waals surface area contributed by atoms with Crippen LogP contribution in [0.15, 0.2) is 47.1 Å². The van der Waals surface area contributed by atoms with Gasteiger partial charge in [-0.15, -0.1) is 0 Å². The zero-order valence-electron chi connectivity index (χ0n) is 14.8. The van der Waals surface area contributed by atoms with E-state index in [-0.39, 0.29) is 12.5 Å². The second-order valence-corrected chi connectivity index (χ2v) is 6.27. The second kappa shape index (κ2) is 7.07. The summed E-state index contributed by atoms with van der Waals surface area (Å²) >= 11 is 0. The van der Waals surface area contributed by atoms with E-state index < -0.39 is 5.97 Å². The number of fused-ring (bicyclic) bond motifs is 2. The van der Waals surface area contributed by atoms with Gasteiger partial charge in [0.25, 0.3) is 5.91 Å². The molecular formula is C21H18N2O4. The van der Waals surface area contributed by atoms with Crippen molar-refractivity contribution in [2.75, 3.05) is 13.7 Å². The van der Waals surface area contributed by atoms with Gasteiger partial charge in [-0.1, -0.05) is 18.2 Å². The smallest absolute Gasteiger partial charge is 0.339 e. The van der Waals surface area contributed by atoms with Crippen LogP contribution in [0.2, 0.25) is 0 Å². The number of carbonyl (C=O) groups excluding carboxylic acids is 2. The summed E-state index contributed by atoms with van der Waals surface area (Å²) in [5.41, 5.74) is 3.87. The van der Waals surface area contributed by atoms with Crippen molar-refractivity contribution < 1.29 is 18.7 Å². The molecule has 1 aliphatic rings. The first kappa shape index (κ1) is 17.0. The van der Waals surface area contributed by atoms with E-state index in [0.717, 1.165) is 39.9 Å². The Morgan fingerprint density at radius 2 is 2.07 bits per heavy atom. The van der Waals surface area contributed by atoms with Gasteiger partial charge in [0.2, 0.25) is 0 Å². The predicted octanol–water partition coefficient (Wildman–Crippen LogP) is 3.22.